The van der Waals surface area contributed by atoms with Gasteiger partial charge in [-0.25, -0.2) is 8.42 Å². The number of hydrogen-bond acceptors (Lipinski definition) is 4. The number of sulfonamides is 1. The number of hydrogen-bond donors (Lipinski definition) is 1. The third kappa shape index (κ3) is 3.31. The second-order valence-corrected chi connectivity index (χ2v) is 7.46. The molecule has 0 aromatic heterocycles. The van der Waals surface area contributed by atoms with E-state index in [9.17, 15) is 8.42 Å². The summed E-state index contributed by atoms with van der Waals surface area (Å²) >= 11 is 1.47. The minimum atomic E-state index is -3.41. The number of benzene rings is 1. The molecule has 1 heterocycles. The zero-order valence-corrected chi connectivity index (χ0v) is 14.3. The summed E-state index contributed by atoms with van der Waals surface area (Å²) in [6, 6.07) is 7.34. The largest absolute Gasteiger partial charge is 0.311 e. The quantitative estimate of drug-likeness (QED) is 0.860. The molecule has 2 rings (SSSR count). The third-order valence-corrected chi connectivity index (χ3v) is 6.60. The van der Waals surface area contributed by atoms with Gasteiger partial charge in [-0.3, -0.25) is 0 Å². The van der Waals surface area contributed by atoms with Gasteiger partial charge in [-0.2, -0.15) is 4.31 Å². The molecule has 0 saturated carbocycles. The maximum absolute atomic E-state index is 12.8. The molecule has 4 nitrogen and oxygen atoms in total. The van der Waals surface area contributed by atoms with Crippen LogP contribution < -0.4 is 5.32 Å². The molecule has 2 atom stereocenters. The first-order valence-electron chi connectivity index (χ1n) is 6.36. The molecule has 20 heavy (non-hydrogen) atoms. The Morgan fingerprint density at radius 2 is 1.95 bits per heavy atom. The topological polar surface area (TPSA) is 49.4 Å². The van der Waals surface area contributed by atoms with Gasteiger partial charge in [0.05, 0.1) is 4.90 Å². The van der Waals surface area contributed by atoms with Crippen LogP contribution in [0.15, 0.2) is 34.1 Å². The predicted octanol–water partition coefficient (Wildman–Crippen LogP) is 2.20. The van der Waals surface area contributed by atoms with Crippen LogP contribution in [-0.2, 0) is 10.0 Å². The van der Waals surface area contributed by atoms with E-state index in [4.69, 9.17) is 0 Å². The van der Waals surface area contributed by atoms with Crippen LogP contribution in [0.4, 0.5) is 0 Å². The Bertz CT molecular complexity index is 551. The molecule has 114 valence electrons. The van der Waals surface area contributed by atoms with Crippen LogP contribution in [0.3, 0.4) is 0 Å². The number of halogens is 1. The highest BCUT2D eigenvalue weighted by Crippen LogP contribution is 2.29. The van der Waals surface area contributed by atoms with Crippen LogP contribution in [-0.4, -0.2) is 44.2 Å². The summed E-state index contributed by atoms with van der Waals surface area (Å²) in [6.45, 7) is 5.20. The number of nitrogens with one attached hydrogen (secondary N) is 1. The van der Waals surface area contributed by atoms with Crippen molar-refractivity contribution in [2.45, 2.75) is 35.7 Å². The molecule has 1 saturated heterocycles. The Morgan fingerprint density at radius 1 is 1.30 bits per heavy atom. The number of rotatable bonds is 3. The van der Waals surface area contributed by atoms with Crippen molar-refractivity contribution in [2.24, 2.45) is 0 Å². The van der Waals surface area contributed by atoms with Crippen molar-refractivity contribution in [2.75, 3.05) is 19.3 Å². The molecule has 0 spiro atoms. The lowest BCUT2D eigenvalue weighted by Crippen LogP contribution is -2.57. The molecule has 1 N–H and O–H groups in total. The molecule has 1 aromatic rings. The van der Waals surface area contributed by atoms with E-state index in [1.807, 2.05) is 32.2 Å². The molecule has 1 fully saturated rings. The van der Waals surface area contributed by atoms with Crippen molar-refractivity contribution < 1.29 is 8.42 Å². The standard InChI is InChI=1S/C13H20N2O2S2.ClH/c1-10-11(2)15(9-8-14-10)19(16,17)13-7-5-4-6-12(13)18-3;/h4-7,10-11,14H,8-9H2,1-3H3;1H. The Hall–Kier alpha value is -0.270. The fourth-order valence-corrected chi connectivity index (χ4v) is 5.15. The molecule has 2 unspecified atom stereocenters. The normalized spacial score (nSPS) is 24.1. The molecule has 1 aromatic carbocycles. The molecular weight excluding hydrogens is 316 g/mol. The summed E-state index contributed by atoms with van der Waals surface area (Å²) in [5.41, 5.74) is 0. The molecule has 0 bridgehead atoms. The van der Waals surface area contributed by atoms with Gasteiger partial charge < -0.3 is 5.32 Å². The minimum Gasteiger partial charge on any atom is -0.311 e. The van der Waals surface area contributed by atoms with Crippen LogP contribution in [0.2, 0.25) is 0 Å². The second kappa shape index (κ2) is 7.13. The zero-order chi connectivity index (χ0) is 14.0. The lowest BCUT2D eigenvalue weighted by Gasteiger charge is -2.37. The van der Waals surface area contributed by atoms with Crippen molar-refractivity contribution in [1.82, 2.24) is 9.62 Å². The molecule has 1 aliphatic heterocycles. The van der Waals surface area contributed by atoms with Gasteiger partial charge in [-0.05, 0) is 32.2 Å². The lowest BCUT2D eigenvalue weighted by molar-refractivity contribution is 0.232. The van der Waals surface area contributed by atoms with Gasteiger partial charge >= 0.3 is 0 Å². The second-order valence-electron chi connectivity index (χ2n) is 4.75. The van der Waals surface area contributed by atoms with E-state index in [1.165, 1.54) is 11.8 Å². The number of piperazine rings is 1. The van der Waals surface area contributed by atoms with Gasteiger partial charge in [0, 0.05) is 30.1 Å². The van der Waals surface area contributed by atoms with Gasteiger partial charge in [0.25, 0.3) is 0 Å². The Balaban J connectivity index is 0.00000200. The Morgan fingerprint density at radius 3 is 2.60 bits per heavy atom. The summed E-state index contributed by atoms with van der Waals surface area (Å²) in [6.07, 6.45) is 1.90. The maximum atomic E-state index is 12.8. The van der Waals surface area contributed by atoms with Crippen LogP contribution >= 0.6 is 24.2 Å². The van der Waals surface area contributed by atoms with Gasteiger partial charge in [0.2, 0.25) is 10.0 Å². The third-order valence-electron chi connectivity index (χ3n) is 3.63. The van der Waals surface area contributed by atoms with Gasteiger partial charge in [-0.15, -0.1) is 24.2 Å². The van der Waals surface area contributed by atoms with E-state index in [1.54, 1.807) is 16.4 Å². The molecule has 0 amide bonds. The van der Waals surface area contributed by atoms with Crippen molar-refractivity contribution in [1.29, 1.82) is 0 Å². The predicted molar refractivity (Wildman–Crippen MR) is 86.3 cm³/mol. The summed E-state index contributed by atoms with van der Waals surface area (Å²) in [5.74, 6) is 0. The average Bonchev–Trinajstić information content (AvgIpc) is 2.41. The van der Waals surface area contributed by atoms with E-state index in [0.29, 0.717) is 18.0 Å². The molecule has 7 heteroatoms. The Kier molecular flexibility index (Phi) is 6.34. The first kappa shape index (κ1) is 17.8. The SMILES string of the molecule is CSc1ccccc1S(=O)(=O)N1CCNC(C)C1C.Cl. The molecule has 0 radical (unpaired) electrons. The van der Waals surface area contributed by atoms with Gasteiger partial charge in [0.15, 0.2) is 0 Å². The molecule has 1 aliphatic rings. The fraction of sp³-hybridized carbons (Fsp3) is 0.538. The first-order valence-corrected chi connectivity index (χ1v) is 9.03. The van der Waals surface area contributed by atoms with Crippen molar-refractivity contribution in [3.63, 3.8) is 0 Å². The van der Waals surface area contributed by atoms with E-state index in [-0.39, 0.29) is 24.5 Å². The monoisotopic (exact) mass is 336 g/mol. The van der Waals surface area contributed by atoms with Crippen LogP contribution in [0.5, 0.6) is 0 Å². The van der Waals surface area contributed by atoms with Gasteiger partial charge in [0.1, 0.15) is 0 Å². The lowest BCUT2D eigenvalue weighted by atomic mass is 10.1. The molecular formula is C13H21ClN2O2S2. The van der Waals surface area contributed by atoms with Crippen molar-refractivity contribution in [3.8, 4) is 0 Å². The van der Waals surface area contributed by atoms with Crippen molar-refractivity contribution in [3.05, 3.63) is 24.3 Å². The highest BCUT2D eigenvalue weighted by molar-refractivity contribution is 7.99. The van der Waals surface area contributed by atoms with E-state index < -0.39 is 10.0 Å². The fourth-order valence-electron chi connectivity index (χ4n) is 2.32. The summed E-state index contributed by atoms with van der Waals surface area (Å²) < 4.78 is 27.2. The van der Waals surface area contributed by atoms with E-state index in [0.717, 1.165) is 4.90 Å². The summed E-state index contributed by atoms with van der Waals surface area (Å²) in [5, 5.41) is 3.30. The zero-order valence-electron chi connectivity index (χ0n) is 11.9. The highest BCUT2D eigenvalue weighted by atomic mass is 35.5. The number of nitrogens with zero attached hydrogens (tertiary/aromatic N) is 1. The first-order chi connectivity index (χ1) is 8.98. The highest BCUT2D eigenvalue weighted by Gasteiger charge is 2.35. The van der Waals surface area contributed by atoms with Crippen LogP contribution in [0.1, 0.15) is 13.8 Å². The average molecular weight is 337 g/mol. The van der Waals surface area contributed by atoms with Crippen LogP contribution in [0.25, 0.3) is 0 Å². The van der Waals surface area contributed by atoms with E-state index in [2.05, 4.69) is 5.32 Å². The minimum absolute atomic E-state index is 0. The Labute approximate surface area is 131 Å². The van der Waals surface area contributed by atoms with E-state index >= 15 is 0 Å². The summed E-state index contributed by atoms with van der Waals surface area (Å²) in [7, 11) is -3.41. The van der Waals surface area contributed by atoms with Crippen LogP contribution in [0, 0.1) is 0 Å². The van der Waals surface area contributed by atoms with Crippen molar-refractivity contribution >= 4 is 34.2 Å². The number of thioether (sulfide) groups is 1. The summed E-state index contributed by atoms with van der Waals surface area (Å²) in [4.78, 5) is 1.23. The van der Waals surface area contributed by atoms with Gasteiger partial charge in [-0.1, -0.05) is 12.1 Å². The molecule has 0 aliphatic carbocycles. The smallest absolute Gasteiger partial charge is 0.244 e. The maximum Gasteiger partial charge on any atom is 0.244 e.